The van der Waals surface area contributed by atoms with Gasteiger partial charge in [0.15, 0.2) is 5.82 Å². The van der Waals surface area contributed by atoms with Crippen molar-refractivity contribution in [2.24, 2.45) is 0 Å². The van der Waals surface area contributed by atoms with Gasteiger partial charge in [-0.05, 0) is 45.5 Å². The number of nitrogens with zero attached hydrogens (tertiary/aromatic N) is 7. The summed E-state index contributed by atoms with van der Waals surface area (Å²) < 4.78 is 1.98. The number of aryl methyl sites for hydroxylation is 1. The van der Waals surface area contributed by atoms with Gasteiger partial charge in [0.25, 0.3) is 5.91 Å². The first-order chi connectivity index (χ1) is 15.6. The molecule has 1 aliphatic rings. The van der Waals surface area contributed by atoms with Crippen LogP contribution in [0.5, 0.6) is 0 Å². The van der Waals surface area contributed by atoms with Crippen LogP contribution >= 0.6 is 0 Å². The zero-order chi connectivity index (χ0) is 22.7. The van der Waals surface area contributed by atoms with E-state index < -0.39 is 0 Å². The molecule has 168 valence electrons. The summed E-state index contributed by atoms with van der Waals surface area (Å²) in [6.07, 6.45) is 2.69. The summed E-state index contributed by atoms with van der Waals surface area (Å²) in [7, 11) is 1.89. The molecule has 0 saturated heterocycles. The van der Waals surface area contributed by atoms with E-state index in [0.29, 0.717) is 36.0 Å². The predicted molar refractivity (Wildman–Crippen MR) is 125 cm³/mol. The van der Waals surface area contributed by atoms with Gasteiger partial charge in [-0.25, -0.2) is 9.97 Å². The molecule has 1 amide bonds. The minimum Gasteiger partial charge on any atom is -0.357 e. The van der Waals surface area contributed by atoms with E-state index >= 15 is 0 Å². The van der Waals surface area contributed by atoms with Crippen molar-refractivity contribution in [1.82, 2.24) is 30.0 Å². The predicted octanol–water partition coefficient (Wildman–Crippen LogP) is 2.87. The largest absolute Gasteiger partial charge is 0.357 e. The molecule has 0 bridgehead atoms. The van der Waals surface area contributed by atoms with Crippen LogP contribution in [0.2, 0.25) is 0 Å². The minimum atomic E-state index is -0.0483. The van der Waals surface area contributed by atoms with Gasteiger partial charge in [0.1, 0.15) is 23.7 Å². The standard InChI is InChI=1S/C23H30N8O/c1-5-11-30-15-25-28-22(30)18-9-8-10-20(26-18)31-14-17-16(23(31)32)12-21(29(6-2)7-3)27-19(17)13-24-4/h8-10,12,15,24H,5-7,11,13-14H2,1-4H3. The lowest BCUT2D eigenvalue weighted by molar-refractivity contribution is 0.0996. The van der Waals surface area contributed by atoms with E-state index in [1.54, 1.807) is 11.2 Å². The Labute approximate surface area is 188 Å². The topological polar surface area (TPSA) is 92.1 Å². The van der Waals surface area contributed by atoms with Gasteiger partial charge >= 0.3 is 0 Å². The lowest BCUT2D eigenvalue weighted by Gasteiger charge is -2.21. The number of carbonyl (C=O) groups excluding carboxylic acids is 1. The second kappa shape index (κ2) is 9.44. The van der Waals surface area contributed by atoms with Crippen molar-refractivity contribution in [3.05, 3.63) is 47.4 Å². The van der Waals surface area contributed by atoms with Gasteiger partial charge in [-0.1, -0.05) is 13.0 Å². The first kappa shape index (κ1) is 21.9. The maximum atomic E-state index is 13.5. The highest BCUT2D eigenvalue weighted by Crippen LogP contribution is 2.32. The maximum absolute atomic E-state index is 13.5. The van der Waals surface area contributed by atoms with E-state index in [4.69, 9.17) is 9.97 Å². The quantitative estimate of drug-likeness (QED) is 0.554. The van der Waals surface area contributed by atoms with Crippen LogP contribution in [0.15, 0.2) is 30.6 Å². The van der Waals surface area contributed by atoms with Crippen molar-refractivity contribution in [2.75, 3.05) is 29.9 Å². The molecule has 4 heterocycles. The first-order valence-electron chi connectivity index (χ1n) is 11.2. The molecule has 0 unspecified atom stereocenters. The second-order valence-electron chi connectivity index (χ2n) is 7.78. The molecule has 0 radical (unpaired) electrons. The van der Waals surface area contributed by atoms with Crippen molar-refractivity contribution in [3.63, 3.8) is 0 Å². The Morgan fingerprint density at radius 1 is 1.16 bits per heavy atom. The van der Waals surface area contributed by atoms with Crippen molar-refractivity contribution in [2.45, 2.75) is 46.8 Å². The molecule has 4 rings (SSSR count). The van der Waals surface area contributed by atoms with Crippen molar-refractivity contribution in [3.8, 4) is 11.5 Å². The molecule has 9 nitrogen and oxygen atoms in total. The summed E-state index contributed by atoms with van der Waals surface area (Å²) in [5, 5.41) is 11.5. The number of carbonyl (C=O) groups is 1. The number of anilines is 2. The van der Waals surface area contributed by atoms with Crippen molar-refractivity contribution >= 4 is 17.5 Å². The molecule has 0 atom stereocenters. The fourth-order valence-corrected chi connectivity index (χ4v) is 4.12. The lowest BCUT2D eigenvalue weighted by atomic mass is 10.1. The van der Waals surface area contributed by atoms with Crippen LogP contribution < -0.4 is 15.1 Å². The average molecular weight is 435 g/mol. The molecular weight excluding hydrogens is 404 g/mol. The highest BCUT2D eigenvalue weighted by molar-refractivity contribution is 6.10. The van der Waals surface area contributed by atoms with Crippen LogP contribution in [-0.2, 0) is 19.6 Å². The molecule has 1 N–H and O–H groups in total. The van der Waals surface area contributed by atoms with Gasteiger partial charge < -0.3 is 14.8 Å². The zero-order valence-corrected chi connectivity index (χ0v) is 19.2. The van der Waals surface area contributed by atoms with Gasteiger partial charge in [-0.3, -0.25) is 9.69 Å². The fourth-order valence-electron chi connectivity index (χ4n) is 4.12. The van der Waals surface area contributed by atoms with Crippen molar-refractivity contribution < 1.29 is 4.79 Å². The van der Waals surface area contributed by atoms with Crippen LogP contribution in [0.25, 0.3) is 11.5 Å². The molecule has 3 aromatic heterocycles. The van der Waals surface area contributed by atoms with E-state index in [-0.39, 0.29) is 5.91 Å². The van der Waals surface area contributed by atoms with Gasteiger partial charge in [0.05, 0.1) is 17.8 Å². The Morgan fingerprint density at radius 3 is 2.69 bits per heavy atom. The molecule has 0 fully saturated rings. The molecule has 3 aromatic rings. The smallest absolute Gasteiger partial charge is 0.260 e. The summed E-state index contributed by atoms with van der Waals surface area (Å²) >= 11 is 0. The molecular formula is C23H30N8O. The monoisotopic (exact) mass is 434 g/mol. The number of nitrogens with one attached hydrogen (secondary N) is 1. The minimum absolute atomic E-state index is 0.0483. The summed E-state index contributed by atoms with van der Waals surface area (Å²) in [5.41, 5.74) is 3.27. The van der Waals surface area contributed by atoms with Gasteiger partial charge in [0.2, 0.25) is 0 Å². The highest BCUT2D eigenvalue weighted by Gasteiger charge is 2.33. The van der Waals surface area contributed by atoms with E-state index in [0.717, 1.165) is 43.1 Å². The Morgan fingerprint density at radius 2 is 1.97 bits per heavy atom. The molecule has 1 aliphatic heterocycles. The van der Waals surface area contributed by atoms with E-state index in [2.05, 4.69) is 41.2 Å². The third-order valence-corrected chi connectivity index (χ3v) is 5.74. The Hall–Kier alpha value is -3.33. The van der Waals surface area contributed by atoms with E-state index in [9.17, 15) is 4.79 Å². The Kier molecular flexibility index (Phi) is 6.45. The highest BCUT2D eigenvalue weighted by atomic mass is 16.2. The Balaban J connectivity index is 1.71. The normalized spacial score (nSPS) is 13.0. The van der Waals surface area contributed by atoms with Gasteiger partial charge in [-0.2, -0.15) is 0 Å². The van der Waals surface area contributed by atoms with Gasteiger partial charge in [0, 0.05) is 31.7 Å². The number of hydrogen-bond acceptors (Lipinski definition) is 7. The molecule has 0 saturated carbocycles. The molecule has 0 aliphatic carbocycles. The summed E-state index contributed by atoms with van der Waals surface area (Å²) in [4.78, 5) is 27.0. The third-order valence-electron chi connectivity index (χ3n) is 5.74. The molecule has 0 aromatic carbocycles. The molecule has 0 spiro atoms. The van der Waals surface area contributed by atoms with Crippen LogP contribution in [0, 0.1) is 0 Å². The third kappa shape index (κ3) is 3.95. The summed E-state index contributed by atoms with van der Waals surface area (Å²) in [5.74, 6) is 2.10. The number of fused-ring (bicyclic) bond motifs is 1. The van der Waals surface area contributed by atoms with E-state index in [1.165, 1.54) is 0 Å². The molecule has 32 heavy (non-hydrogen) atoms. The number of aromatic nitrogens is 5. The van der Waals surface area contributed by atoms with E-state index in [1.807, 2.05) is 35.9 Å². The van der Waals surface area contributed by atoms with Crippen LogP contribution in [-0.4, -0.2) is 50.8 Å². The average Bonchev–Trinajstić information content (AvgIpc) is 3.40. The number of rotatable bonds is 9. The van der Waals surface area contributed by atoms with Crippen molar-refractivity contribution in [1.29, 1.82) is 0 Å². The lowest BCUT2D eigenvalue weighted by Crippen LogP contribution is -2.25. The summed E-state index contributed by atoms with van der Waals surface area (Å²) in [6, 6.07) is 7.60. The van der Waals surface area contributed by atoms with Crippen LogP contribution in [0.3, 0.4) is 0 Å². The number of pyridine rings is 2. The summed E-state index contributed by atoms with van der Waals surface area (Å²) in [6.45, 7) is 9.84. The first-order valence-corrected chi connectivity index (χ1v) is 11.2. The SMILES string of the molecule is CCCn1cnnc1-c1cccc(N2Cc3c(cc(N(CC)CC)nc3CNC)C2=O)n1. The zero-order valence-electron chi connectivity index (χ0n) is 19.2. The number of hydrogen-bond donors (Lipinski definition) is 1. The fraction of sp³-hybridized carbons (Fsp3) is 0.435. The van der Waals surface area contributed by atoms with Crippen LogP contribution in [0.1, 0.15) is 48.8 Å². The second-order valence-corrected chi connectivity index (χ2v) is 7.78. The van der Waals surface area contributed by atoms with Gasteiger partial charge in [-0.15, -0.1) is 10.2 Å². The maximum Gasteiger partial charge on any atom is 0.260 e. The molecule has 9 heteroatoms. The number of amides is 1. The van der Waals surface area contributed by atoms with Crippen LogP contribution in [0.4, 0.5) is 11.6 Å². The Bertz CT molecular complexity index is 1110.